The molecule has 30 heavy (non-hydrogen) atoms. The zero-order valence-electron chi connectivity index (χ0n) is 16.1. The summed E-state index contributed by atoms with van der Waals surface area (Å²) in [7, 11) is 1.33. The molecule has 0 aliphatic rings. The number of carbonyl (C=O) groups is 1. The molecule has 8 heteroatoms. The molecule has 4 rings (SSSR count). The van der Waals surface area contributed by atoms with Gasteiger partial charge in [-0.1, -0.05) is 65.8 Å². The van der Waals surface area contributed by atoms with Gasteiger partial charge in [0, 0.05) is 16.9 Å². The van der Waals surface area contributed by atoms with E-state index in [-0.39, 0.29) is 5.76 Å². The zero-order chi connectivity index (χ0) is 20.9. The first-order valence-electron chi connectivity index (χ1n) is 9.17. The highest BCUT2D eigenvalue weighted by molar-refractivity contribution is 7.98. The third kappa shape index (κ3) is 4.27. The summed E-state index contributed by atoms with van der Waals surface area (Å²) in [6.07, 6.45) is 1.48. The van der Waals surface area contributed by atoms with E-state index in [1.54, 1.807) is 6.07 Å². The molecule has 0 radical (unpaired) electrons. The average Bonchev–Trinajstić information content (AvgIpc) is 3.40. The maximum Gasteiger partial charge on any atom is 0.374 e. The van der Waals surface area contributed by atoms with Crippen LogP contribution in [0, 0.1) is 0 Å². The van der Waals surface area contributed by atoms with E-state index in [2.05, 4.69) is 22.3 Å². The zero-order valence-corrected chi connectivity index (χ0v) is 17.7. The normalized spacial score (nSPS) is 10.9. The first-order valence-corrected chi connectivity index (χ1v) is 10.5. The Labute approximate surface area is 182 Å². The van der Waals surface area contributed by atoms with Gasteiger partial charge in [0.05, 0.1) is 24.9 Å². The molecule has 0 saturated carbocycles. The Kier molecular flexibility index (Phi) is 6.21. The van der Waals surface area contributed by atoms with Crippen LogP contribution in [0.15, 0.2) is 76.5 Å². The quantitative estimate of drug-likeness (QED) is 0.287. The van der Waals surface area contributed by atoms with Gasteiger partial charge in [0.1, 0.15) is 0 Å². The second kappa shape index (κ2) is 9.19. The van der Waals surface area contributed by atoms with Crippen LogP contribution >= 0.6 is 23.4 Å². The van der Waals surface area contributed by atoms with Crippen LogP contribution in [0.3, 0.4) is 0 Å². The van der Waals surface area contributed by atoms with Crippen LogP contribution in [0.25, 0.3) is 11.4 Å². The summed E-state index contributed by atoms with van der Waals surface area (Å²) in [6.45, 7) is 0.589. The number of carbonyl (C=O) groups excluding carboxylic acids is 1. The molecule has 6 nitrogen and oxygen atoms in total. The fourth-order valence-corrected chi connectivity index (χ4v) is 4.15. The minimum atomic E-state index is -0.502. The number of methoxy groups -OCH3 is 1. The van der Waals surface area contributed by atoms with Crippen molar-refractivity contribution in [2.75, 3.05) is 7.11 Å². The molecule has 0 spiro atoms. The van der Waals surface area contributed by atoms with Gasteiger partial charge in [0.15, 0.2) is 11.0 Å². The van der Waals surface area contributed by atoms with Gasteiger partial charge in [-0.3, -0.25) is 4.57 Å². The maximum atomic E-state index is 11.9. The summed E-state index contributed by atoms with van der Waals surface area (Å²) >= 11 is 7.89. The van der Waals surface area contributed by atoms with Gasteiger partial charge in [-0.15, -0.1) is 10.2 Å². The number of hydrogen-bond donors (Lipinski definition) is 0. The Morgan fingerprint density at radius 2 is 1.87 bits per heavy atom. The topological polar surface area (TPSA) is 70.2 Å². The van der Waals surface area contributed by atoms with Crippen molar-refractivity contribution < 1.29 is 13.9 Å². The molecule has 0 saturated heterocycles. The lowest BCUT2D eigenvalue weighted by Gasteiger charge is -2.11. The summed E-state index contributed by atoms with van der Waals surface area (Å²) < 4.78 is 12.1. The van der Waals surface area contributed by atoms with E-state index < -0.39 is 5.97 Å². The van der Waals surface area contributed by atoms with Crippen molar-refractivity contribution in [2.24, 2.45) is 0 Å². The molecule has 2 aromatic heterocycles. The summed E-state index contributed by atoms with van der Waals surface area (Å²) in [6, 6.07) is 19.4. The molecule has 2 aromatic carbocycles. The van der Waals surface area contributed by atoms with Crippen LogP contribution in [0.5, 0.6) is 0 Å². The lowest BCUT2D eigenvalue weighted by Crippen LogP contribution is -2.05. The van der Waals surface area contributed by atoms with Crippen LogP contribution in [0.4, 0.5) is 0 Å². The van der Waals surface area contributed by atoms with Gasteiger partial charge in [-0.2, -0.15) is 0 Å². The summed E-state index contributed by atoms with van der Waals surface area (Å²) in [5.41, 5.74) is 2.67. The molecule has 0 N–H and O–H groups in total. The molecule has 0 atom stereocenters. The fraction of sp³-hybridized carbons (Fsp3) is 0.136. The minimum Gasteiger partial charge on any atom is -0.463 e. The number of benzene rings is 2. The molecule has 0 fully saturated rings. The largest absolute Gasteiger partial charge is 0.463 e. The van der Waals surface area contributed by atoms with Crippen LogP contribution in [0.1, 0.15) is 21.7 Å². The first kappa shape index (κ1) is 20.3. The van der Waals surface area contributed by atoms with Gasteiger partial charge >= 0.3 is 5.97 Å². The molecule has 4 aromatic rings. The predicted octanol–water partition coefficient (Wildman–Crippen LogP) is 5.32. The Morgan fingerprint density at radius 1 is 1.10 bits per heavy atom. The second-order valence-corrected chi connectivity index (χ2v) is 7.76. The highest BCUT2D eigenvalue weighted by Crippen LogP contribution is 2.31. The summed E-state index contributed by atoms with van der Waals surface area (Å²) in [4.78, 5) is 11.9. The standard InChI is InChI=1S/C22H18ClN3O3S/c1-28-21(27)19-16(11-12-29-19)14-30-22-25-24-20(17-9-5-6-10-18(17)23)26(22)13-15-7-3-2-4-8-15/h2-12H,13-14H2,1H3. The van der Waals surface area contributed by atoms with Crippen molar-refractivity contribution in [3.8, 4) is 11.4 Å². The maximum absolute atomic E-state index is 11.9. The first-order chi connectivity index (χ1) is 14.7. The number of furan rings is 1. The molecule has 2 heterocycles. The molecule has 0 bridgehead atoms. The summed E-state index contributed by atoms with van der Waals surface area (Å²) in [5, 5.41) is 10.1. The van der Waals surface area contributed by atoms with E-state index in [0.717, 1.165) is 16.7 Å². The van der Waals surface area contributed by atoms with Crippen molar-refractivity contribution in [1.29, 1.82) is 0 Å². The SMILES string of the molecule is COC(=O)c1occc1CSc1nnc(-c2ccccc2Cl)n1Cc1ccccc1. The summed E-state index contributed by atoms with van der Waals surface area (Å²) in [5.74, 6) is 0.868. The molecule has 0 aliphatic carbocycles. The van der Waals surface area contributed by atoms with Gasteiger partial charge in [0.2, 0.25) is 5.76 Å². The number of rotatable bonds is 7. The van der Waals surface area contributed by atoms with Crippen LogP contribution in [-0.2, 0) is 17.0 Å². The van der Waals surface area contributed by atoms with Crippen molar-refractivity contribution in [3.63, 3.8) is 0 Å². The number of nitrogens with zero attached hydrogens (tertiary/aromatic N) is 3. The highest BCUT2D eigenvalue weighted by atomic mass is 35.5. The number of thioether (sulfide) groups is 1. The molecular weight excluding hydrogens is 422 g/mol. The highest BCUT2D eigenvalue weighted by Gasteiger charge is 2.20. The third-order valence-corrected chi connectivity index (χ3v) is 5.83. The third-order valence-electron chi connectivity index (χ3n) is 4.49. The van der Waals surface area contributed by atoms with E-state index in [4.69, 9.17) is 20.8 Å². The Bertz CT molecular complexity index is 1160. The van der Waals surface area contributed by atoms with Crippen molar-refractivity contribution >= 4 is 29.3 Å². The van der Waals surface area contributed by atoms with Gasteiger partial charge < -0.3 is 9.15 Å². The van der Waals surface area contributed by atoms with Crippen molar-refractivity contribution in [1.82, 2.24) is 14.8 Å². The monoisotopic (exact) mass is 439 g/mol. The van der Waals surface area contributed by atoms with Crippen LogP contribution < -0.4 is 0 Å². The van der Waals surface area contributed by atoms with Gasteiger partial charge in [-0.25, -0.2) is 4.79 Å². The van der Waals surface area contributed by atoms with E-state index >= 15 is 0 Å². The molecule has 0 amide bonds. The lowest BCUT2D eigenvalue weighted by molar-refractivity contribution is 0.0564. The number of ether oxygens (including phenoxy) is 1. The molecule has 0 unspecified atom stereocenters. The Balaban J connectivity index is 1.67. The van der Waals surface area contributed by atoms with E-state index in [0.29, 0.717) is 28.3 Å². The second-order valence-electron chi connectivity index (χ2n) is 6.41. The Morgan fingerprint density at radius 3 is 2.63 bits per heavy atom. The fourth-order valence-electron chi connectivity index (χ4n) is 3.01. The van der Waals surface area contributed by atoms with Crippen molar-refractivity contribution in [3.05, 3.63) is 88.8 Å². The number of esters is 1. The molecule has 0 aliphatic heterocycles. The number of hydrogen-bond acceptors (Lipinski definition) is 6. The van der Waals surface area contributed by atoms with Gasteiger partial charge in [0.25, 0.3) is 0 Å². The van der Waals surface area contributed by atoms with Crippen LogP contribution in [-0.4, -0.2) is 27.8 Å². The Hall–Kier alpha value is -3.03. The van der Waals surface area contributed by atoms with Crippen LogP contribution in [0.2, 0.25) is 5.02 Å². The molecule has 152 valence electrons. The minimum absolute atomic E-state index is 0.199. The van der Waals surface area contributed by atoms with E-state index in [9.17, 15) is 4.79 Å². The van der Waals surface area contributed by atoms with E-state index in [1.807, 2.05) is 47.0 Å². The van der Waals surface area contributed by atoms with E-state index in [1.165, 1.54) is 25.1 Å². The number of aromatic nitrogens is 3. The molecular formula is C22H18ClN3O3S. The van der Waals surface area contributed by atoms with Gasteiger partial charge in [-0.05, 0) is 23.8 Å². The smallest absolute Gasteiger partial charge is 0.374 e. The predicted molar refractivity (Wildman–Crippen MR) is 116 cm³/mol. The number of halogens is 1. The lowest BCUT2D eigenvalue weighted by atomic mass is 10.2. The van der Waals surface area contributed by atoms with Crippen molar-refractivity contribution in [2.45, 2.75) is 17.5 Å². The average molecular weight is 440 g/mol.